The fourth-order valence-corrected chi connectivity index (χ4v) is 8.01. The Morgan fingerprint density at radius 1 is 0.875 bits per heavy atom. The van der Waals surface area contributed by atoms with Crippen LogP contribution in [0.25, 0.3) is 11.1 Å². The van der Waals surface area contributed by atoms with Gasteiger partial charge in [-0.15, -0.1) is 23.2 Å². The Hall–Kier alpha value is -1.14. The Bertz CT molecular complexity index is 1240. The summed E-state index contributed by atoms with van der Waals surface area (Å²) in [6, 6.07) is 13.5. The fraction of sp³-hybridized carbons (Fsp3) is 0.273. The van der Waals surface area contributed by atoms with E-state index in [1.54, 1.807) is 6.07 Å². The van der Waals surface area contributed by atoms with Gasteiger partial charge in [-0.3, -0.25) is 9.59 Å². The second-order valence-corrected chi connectivity index (χ2v) is 11.4. The van der Waals surface area contributed by atoms with Crippen LogP contribution in [0.1, 0.15) is 11.1 Å². The molecular formula is C22H13Cl6NO3. The van der Waals surface area contributed by atoms with Gasteiger partial charge < -0.3 is 10.4 Å². The Morgan fingerprint density at radius 2 is 1.47 bits per heavy atom. The fourth-order valence-electron chi connectivity index (χ4n) is 5.07. The minimum Gasteiger partial charge on any atom is -0.481 e. The highest BCUT2D eigenvalue weighted by atomic mass is 35.5. The second-order valence-electron chi connectivity index (χ2n) is 8.11. The molecule has 4 nitrogen and oxygen atoms in total. The molecule has 10 heteroatoms. The monoisotopic (exact) mass is 549 g/mol. The van der Waals surface area contributed by atoms with E-state index in [9.17, 15) is 14.7 Å². The maximum absolute atomic E-state index is 13.4. The zero-order chi connectivity index (χ0) is 23.2. The van der Waals surface area contributed by atoms with Crippen LogP contribution in [-0.2, 0) is 16.0 Å². The van der Waals surface area contributed by atoms with Crippen molar-refractivity contribution < 1.29 is 14.7 Å². The van der Waals surface area contributed by atoms with Crippen LogP contribution in [0.3, 0.4) is 0 Å². The van der Waals surface area contributed by atoms with Crippen LogP contribution in [0.15, 0.2) is 52.5 Å². The molecule has 2 N–H and O–H groups in total. The molecule has 0 unspecified atom stereocenters. The Labute approximate surface area is 213 Å². The molecule has 1 fully saturated rings. The number of carbonyl (C=O) groups excluding carboxylic acids is 1. The quantitative estimate of drug-likeness (QED) is 0.372. The number of hydrogen-bond donors (Lipinski definition) is 2. The van der Waals surface area contributed by atoms with Crippen LogP contribution < -0.4 is 5.32 Å². The molecule has 0 radical (unpaired) electrons. The highest BCUT2D eigenvalue weighted by Crippen LogP contribution is 2.76. The van der Waals surface area contributed by atoms with Crippen molar-refractivity contribution in [1.82, 2.24) is 0 Å². The predicted molar refractivity (Wildman–Crippen MR) is 128 cm³/mol. The second kappa shape index (κ2) is 7.18. The highest BCUT2D eigenvalue weighted by molar-refractivity contribution is 6.66. The number of allylic oxidation sites excluding steroid dienone is 2. The first kappa shape index (κ1) is 22.6. The zero-order valence-electron chi connectivity index (χ0n) is 15.9. The minimum absolute atomic E-state index is 0.233. The van der Waals surface area contributed by atoms with E-state index in [1.165, 1.54) is 5.56 Å². The summed E-state index contributed by atoms with van der Waals surface area (Å²) in [5.41, 5.74) is 4.91. The summed E-state index contributed by atoms with van der Waals surface area (Å²) in [7, 11) is 0. The maximum atomic E-state index is 13.4. The van der Waals surface area contributed by atoms with Crippen LogP contribution in [0.4, 0.5) is 5.69 Å². The third kappa shape index (κ3) is 2.60. The van der Waals surface area contributed by atoms with Gasteiger partial charge in [0.1, 0.15) is 9.75 Å². The summed E-state index contributed by atoms with van der Waals surface area (Å²) < 4.78 is -2.14. The van der Waals surface area contributed by atoms with Gasteiger partial charge in [-0.05, 0) is 40.8 Å². The van der Waals surface area contributed by atoms with Gasteiger partial charge in [-0.1, -0.05) is 76.7 Å². The summed E-state index contributed by atoms with van der Waals surface area (Å²) in [4.78, 5) is 21.4. The lowest BCUT2D eigenvalue weighted by Gasteiger charge is -2.33. The summed E-state index contributed by atoms with van der Waals surface area (Å²) in [6.07, 6.45) is 0.720. The molecule has 3 aliphatic rings. The number of nitrogens with one attached hydrogen (secondary N) is 1. The van der Waals surface area contributed by atoms with Gasteiger partial charge in [0, 0.05) is 5.69 Å². The van der Waals surface area contributed by atoms with Crippen LogP contribution >= 0.6 is 69.6 Å². The van der Waals surface area contributed by atoms with E-state index in [-0.39, 0.29) is 10.1 Å². The van der Waals surface area contributed by atoms with Gasteiger partial charge in [0.25, 0.3) is 0 Å². The molecule has 0 spiro atoms. The number of hydrogen-bond acceptors (Lipinski definition) is 2. The molecule has 0 heterocycles. The smallest absolute Gasteiger partial charge is 0.309 e. The SMILES string of the molecule is O=C(O)[C@H]1[C@H](C(=O)Nc2ccc3c(c2)Cc2ccccc2-3)[C@@]2(Cl)C(Cl)=C(Cl)[C@]1(Cl)C2(Cl)Cl. The van der Waals surface area contributed by atoms with E-state index < -0.39 is 37.8 Å². The topological polar surface area (TPSA) is 66.4 Å². The number of carboxylic acid groups (broad SMARTS) is 1. The van der Waals surface area contributed by atoms with Gasteiger partial charge in [-0.25, -0.2) is 0 Å². The first-order valence-corrected chi connectivity index (χ1v) is 11.8. The van der Waals surface area contributed by atoms with Gasteiger partial charge >= 0.3 is 5.97 Å². The predicted octanol–water partition coefficient (Wildman–Crippen LogP) is 6.36. The standard InChI is InChI=1S/C22H13Cl6NO3/c23-16-17(24)21(26)15(19(31)32)14(20(16,25)22(21,27)28)18(30)29-11-5-6-13-10(8-11)7-9-3-1-2-4-12(9)13/h1-6,8,14-15H,7H2,(H,29,30)(H,31,32)/t14-,15-,20-,21+/m1/s1. The highest BCUT2D eigenvalue weighted by Gasteiger charge is 2.85. The van der Waals surface area contributed by atoms with E-state index >= 15 is 0 Å². The van der Waals surface area contributed by atoms with Crippen LogP contribution in [-0.4, -0.2) is 31.1 Å². The summed E-state index contributed by atoms with van der Waals surface area (Å²) >= 11 is 38.7. The van der Waals surface area contributed by atoms with Crippen molar-refractivity contribution in [2.24, 2.45) is 11.8 Å². The summed E-state index contributed by atoms with van der Waals surface area (Å²) in [5, 5.41) is 12.1. The number of rotatable bonds is 3. The van der Waals surface area contributed by atoms with Gasteiger partial charge in [0.2, 0.25) is 5.91 Å². The van der Waals surface area contributed by atoms with Crippen molar-refractivity contribution in [1.29, 1.82) is 0 Å². The van der Waals surface area contributed by atoms with E-state index in [2.05, 4.69) is 11.4 Å². The number of carboxylic acids is 1. The lowest BCUT2D eigenvalue weighted by Crippen LogP contribution is -2.47. The van der Waals surface area contributed by atoms with Crippen molar-refractivity contribution >= 4 is 87.2 Å². The number of anilines is 1. The van der Waals surface area contributed by atoms with E-state index in [0.29, 0.717) is 5.69 Å². The van der Waals surface area contributed by atoms with Crippen LogP contribution in [0.2, 0.25) is 0 Å². The number of alkyl halides is 4. The zero-order valence-corrected chi connectivity index (χ0v) is 20.5. The number of amides is 1. The molecule has 3 aliphatic carbocycles. The molecule has 2 bridgehead atoms. The lowest BCUT2D eigenvalue weighted by atomic mass is 9.81. The normalized spacial score (nSPS) is 31.4. The molecule has 2 aromatic carbocycles. The summed E-state index contributed by atoms with van der Waals surface area (Å²) in [6.45, 7) is 0. The van der Waals surface area contributed by atoms with Gasteiger partial charge in [0.05, 0.1) is 21.9 Å². The molecule has 166 valence electrons. The Morgan fingerprint density at radius 3 is 2.12 bits per heavy atom. The van der Waals surface area contributed by atoms with E-state index in [4.69, 9.17) is 69.6 Å². The first-order valence-electron chi connectivity index (χ1n) is 9.53. The van der Waals surface area contributed by atoms with E-state index in [0.717, 1.165) is 23.1 Å². The molecule has 0 aromatic heterocycles. The number of carbonyl (C=O) groups is 2. The van der Waals surface area contributed by atoms with Crippen molar-refractivity contribution in [3.63, 3.8) is 0 Å². The number of halogens is 6. The Balaban J connectivity index is 1.52. The maximum Gasteiger partial charge on any atom is 0.309 e. The summed E-state index contributed by atoms with van der Waals surface area (Å²) in [5.74, 6) is -5.22. The third-order valence-electron chi connectivity index (χ3n) is 6.55. The van der Waals surface area contributed by atoms with Crippen molar-refractivity contribution in [3.05, 3.63) is 63.7 Å². The van der Waals surface area contributed by atoms with Gasteiger partial charge in [-0.2, -0.15) is 0 Å². The molecule has 32 heavy (non-hydrogen) atoms. The number of benzene rings is 2. The molecule has 2 aromatic rings. The molecule has 1 amide bonds. The third-order valence-corrected chi connectivity index (χ3v) is 10.8. The minimum atomic E-state index is -2.14. The molecular weight excluding hydrogens is 539 g/mol. The lowest BCUT2D eigenvalue weighted by molar-refractivity contribution is -0.146. The van der Waals surface area contributed by atoms with Crippen molar-refractivity contribution in [2.75, 3.05) is 5.32 Å². The molecule has 0 saturated heterocycles. The molecule has 4 atom stereocenters. The Kier molecular flexibility index (Phi) is 5.08. The van der Waals surface area contributed by atoms with Crippen LogP contribution in [0, 0.1) is 11.8 Å². The van der Waals surface area contributed by atoms with Crippen molar-refractivity contribution in [3.8, 4) is 11.1 Å². The first-order chi connectivity index (χ1) is 15.0. The molecule has 0 aliphatic heterocycles. The van der Waals surface area contributed by atoms with Crippen molar-refractivity contribution in [2.45, 2.75) is 20.5 Å². The average molecular weight is 552 g/mol. The largest absolute Gasteiger partial charge is 0.481 e. The van der Waals surface area contributed by atoms with E-state index in [1.807, 2.05) is 30.3 Å². The number of fused-ring (bicyclic) bond motifs is 5. The van der Waals surface area contributed by atoms with Crippen LogP contribution in [0.5, 0.6) is 0 Å². The molecule has 5 rings (SSSR count). The van der Waals surface area contributed by atoms with Gasteiger partial charge in [0.15, 0.2) is 4.33 Å². The molecule has 1 saturated carbocycles. The average Bonchev–Trinajstić information content (AvgIpc) is 3.20. The number of aliphatic carboxylic acids is 1.